The van der Waals surface area contributed by atoms with Gasteiger partial charge in [0.2, 0.25) is 5.88 Å². The molecule has 3 N–H and O–H groups in total. The van der Waals surface area contributed by atoms with Crippen LogP contribution in [-0.4, -0.2) is 47.1 Å². The maximum atomic E-state index is 12.1. The Morgan fingerprint density at radius 1 is 1.15 bits per heavy atom. The van der Waals surface area contributed by atoms with Crippen LogP contribution >= 0.6 is 0 Å². The number of hydrogen-bond acceptors (Lipinski definition) is 4. The van der Waals surface area contributed by atoms with Crippen molar-refractivity contribution in [1.29, 1.82) is 0 Å². The number of nitrogens with one attached hydrogen (secondary N) is 2. The number of likely N-dealkylation sites (tertiary alicyclic amines) is 1. The van der Waals surface area contributed by atoms with Gasteiger partial charge in [0.1, 0.15) is 5.56 Å². The van der Waals surface area contributed by atoms with Gasteiger partial charge in [-0.15, -0.1) is 0 Å². The smallest absolute Gasteiger partial charge is 0.331 e. The van der Waals surface area contributed by atoms with E-state index in [1.807, 2.05) is 30.3 Å². The molecule has 2 aromatic rings. The lowest BCUT2D eigenvalue weighted by Crippen LogP contribution is -3.13. The third-order valence-corrected chi connectivity index (χ3v) is 4.77. The summed E-state index contributed by atoms with van der Waals surface area (Å²) in [4.78, 5) is 32.2. The number of quaternary nitrogens is 1. The largest absolute Gasteiger partial charge is 0.494 e. The van der Waals surface area contributed by atoms with Crippen molar-refractivity contribution in [3.63, 3.8) is 0 Å². The van der Waals surface area contributed by atoms with Crippen molar-refractivity contribution in [2.24, 2.45) is 4.99 Å². The first kappa shape index (κ1) is 18.1. The minimum atomic E-state index is -0.633. The molecule has 0 radical (unpaired) electrons. The second kappa shape index (κ2) is 8.62. The Hall–Kier alpha value is -2.67. The molecule has 0 unspecified atom stereocenters. The molecular weight excluding hydrogens is 332 g/mol. The number of aromatic amines is 1. The number of hydrogen-bond donors (Lipinski definition) is 3. The van der Waals surface area contributed by atoms with Gasteiger partial charge >= 0.3 is 5.69 Å². The number of piperidine rings is 1. The summed E-state index contributed by atoms with van der Waals surface area (Å²) in [6.45, 7) is 4.03. The molecule has 2 heterocycles. The number of H-pyrrole nitrogens is 1. The van der Waals surface area contributed by atoms with E-state index in [2.05, 4.69) is 9.98 Å². The standard InChI is InChI=1S/C19H24N4O3/c24-17-16(13-20-9-12-22-10-5-2-6-11-22)18(25)23(19(26)21-17)14-15-7-3-1-4-8-15/h1,3-4,7-8,13,25H,2,5-6,9-12,14H2,(H,21,24,26)/p+1. The monoisotopic (exact) mass is 357 g/mol. The zero-order chi connectivity index (χ0) is 18.4. The van der Waals surface area contributed by atoms with Crippen molar-refractivity contribution in [1.82, 2.24) is 9.55 Å². The van der Waals surface area contributed by atoms with E-state index in [1.54, 1.807) is 0 Å². The summed E-state index contributed by atoms with van der Waals surface area (Å²) < 4.78 is 1.15. The Morgan fingerprint density at radius 2 is 1.88 bits per heavy atom. The maximum absolute atomic E-state index is 12.1. The highest BCUT2D eigenvalue weighted by atomic mass is 16.3. The van der Waals surface area contributed by atoms with Gasteiger partial charge < -0.3 is 10.0 Å². The minimum absolute atomic E-state index is 0.0224. The van der Waals surface area contributed by atoms with Crippen LogP contribution in [0, 0.1) is 0 Å². The Bertz CT molecular complexity index is 865. The lowest BCUT2D eigenvalue weighted by molar-refractivity contribution is -0.903. The van der Waals surface area contributed by atoms with Crippen molar-refractivity contribution in [2.75, 3.05) is 26.2 Å². The van der Waals surface area contributed by atoms with E-state index < -0.39 is 11.2 Å². The second-order valence-electron chi connectivity index (χ2n) is 6.66. The maximum Gasteiger partial charge on any atom is 0.331 e. The van der Waals surface area contributed by atoms with Crippen molar-refractivity contribution < 1.29 is 10.0 Å². The van der Waals surface area contributed by atoms with Gasteiger partial charge in [-0.2, -0.15) is 0 Å². The molecule has 0 atom stereocenters. The van der Waals surface area contributed by atoms with Gasteiger partial charge in [0.25, 0.3) is 5.56 Å². The zero-order valence-electron chi connectivity index (χ0n) is 14.8. The van der Waals surface area contributed by atoms with E-state index in [4.69, 9.17) is 0 Å². The fourth-order valence-electron chi connectivity index (χ4n) is 3.28. The van der Waals surface area contributed by atoms with Gasteiger partial charge in [-0.05, 0) is 24.8 Å². The van der Waals surface area contributed by atoms with Gasteiger partial charge in [0.05, 0.1) is 32.7 Å². The van der Waals surface area contributed by atoms with Crippen LogP contribution in [0.5, 0.6) is 5.88 Å². The molecule has 1 aliphatic heterocycles. The number of rotatable bonds is 6. The van der Waals surface area contributed by atoms with Gasteiger partial charge in [0, 0.05) is 6.21 Å². The lowest BCUT2D eigenvalue weighted by Gasteiger charge is -2.22. The predicted octanol–water partition coefficient (Wildman–Crippen LogP) is -0.222. The van der Waals surface area contributed by atoms with E-state index >= 15 is 0 Å². The quantitative estimate of drug-likeness (QED) is 0.624. The lowest BCUT2D eigenvalue weighted by atomic mass is 10.1. The highest BCUT2D eigenvalue weighted by Crippen LogP contribution is 2.10. The summed E-state index contributed by atoms with van der Waals surface area (Å²) in [5.41, 5.74) is -0.375. The summed E-state index contributed by atoms with van der Waals surface area (Å²) in [6.07, 6.45) is 5.19. The molecule has 1 saturated heterocycles. The highest BCUT2D eigenvalue weighted by Gasteiger charge is 2.14. The molecule has 7 heteroatoms. The molecule has 0 amide bonds. The van der Waals surface area contributed by atoms with Crippen LogP contribution in [0.3, 0.4) is 0 Å². The summed E-state index contributed by atoms with van der Waals surface area (Å²) in [5.74, 6) is -0.350. The average Bonchev–Trinajstić information content (AvgIpc) is 2.66. The fraction of sp³-hybridized carbons (Fsp3) is 0.421. The molecule has 3 rings (SSSR count). The van der Waals surface area contributed by atoms with E-state index in [0.29, 0.717) is 6.54 Å². The zero-order valence-corrected chi connectivity index (χ0v) is 14.8. The molecular formula is C19H25N4O3+. The fourth-order valence-corrected chi connectivity index (χ4v) is 3.28. The minimum Gasteiger partial charge on any atom is -0.494 e. The van der Waals surface area contributed by atoms with Crippen LogP contribution in [-0.2, 0) is 6.54 Å². The van der Waals surface area contributed by atoms with Gasteiger partial charge in [-0.3, -0.25) is 19.3 Å². The van der Waals surface area contributed by atoms with Gasteiger partial charge in [0.15, 0.2) is 0 Å². The molecule has 0 saturated carbocycles. The number of aliphatic imine (C=N–C) groups is 1. The Balaban J connectivity index is 1.74. The van der Waals surface area contributed by atoms with Gasteiger partial charge in [-0.25, -0.2) is 4.79 Å². The first-order valence-corrected chi connectivity index (χ1v) is 9.08. The molecule has 0 bridgehead atoms. The number of aromatic nitrogens is 2. The second-order valence-corrected chi connectivity index (χ2v) is 6.66. The predicted molar refractivity (Wildman–Crippen MR) is 100 cm³/mol. The third-order valence-electron chi connectivity index (χ3n) is 4.77. The molecule has 1 aromatic heterocycles. The number of aromatic hydroxyl groups is 1. The molecule has 0 aliphatic carbocycles. The van der Waals surface area contributed by atoms with E-state index in [9.17, 15) is 14.7 Å². The van der Waals surface area contributed by atoms with Crippen LogP contribution in [0.2, 0.25) is 0 Å². The highest BCUT2D eigenvalue weighted by molar-refractivity contribution is 5.81. The van der Waals surface area contributed by atoms with Crippen molar-refractivity contribution in [3.8, 4) is 5.88 Å². The van der Waals surface area contributed by atoms with Crippen LogP contribution in [0.4, 0.5) is 0 Å². The first-order valence-electron chi connectivity index (χ1n) is 9.08. The summed E-state index contributed by atoms with van der Waals surface area (Å²) in [6, 6.07) is 9.29. The van der Waals surface area contributed by atoms with Crippen LogP contribution in [0.15, 0.2) is 44.9 Å². The van der Waals surface area contributed by atoms with Crippen LogP contribution in [0.1, 0.15) is 30.4 Å². The molecule has 1 fully saturated rings. The van der Waals surface area contributed by atoms with Crippen LogP contribution < -0.4 is 16.1 Å². The topological polar surface area (TPSA) is 91.9 Å². The Kier molecular flexibility index (Phi) is 6.01. The molecule has 26 heavy (non-hydrogen) atoms. The van der Waals surface area contributed by atoms with E-state index in [-0.39, 0.29) is 18.0 Å². The third kappa shape index (κ3) is 4.49. The summed E-state index contributed by atoms with van der Waals surface area (Å²) in [5, 5.41) is 10.4. The molecule has 1 aliphatic rings. The average molecular weight is 357 g/mol. The molecule has 138 valence electrons. The first-order chi connectivity index (χ1) is 12.6. The number of benzene rings is 1. The molecule has 1 aromatic carbocycles. The normalized spacial score (nSPS) is 15.5. The summed E-state index contributed by atoms with van der Waals surface area (Å²) in [7, 11) is 0. The van der Waals surface area contributed by atoms with Gasteiger partial charge in [-0.1, -0.05) is 30.3 Å². The Labute approximate surface area is 151 Å². The van der Waals surface area contributed by atoms with Crippen molar-refractivity contribution in [2.45, 2.75) is 25.8 Å². The van der Waals surface area contributed by atoms with Crippen molar-refractivity contribution >= 4 is 6.21 Å². The molecule has 7 nitrogen and oxygen atoms in total. The number of nitrogens with zero attached hydrogens (tertiary/aromatic N) is 2. The SMILES string of the molecule is O=c1[nH]c(=O)n(Cc2ccccc2)c(O)c1C=NCC[NH+]1CCCCC1. The van der Waals surface area contributed by atoms with Crippen molar-refractivity contribution in [3.05, 3.63) is 62.3 Å². The van der Waals surface area contributed by atoms with E-state index in [0.717, 1.165) is 16.7 Å². The molecule has 0 spiro atoms. The Morgan fingerprint density at radius 3 is 2.62 bits per heavy atom. The van der Waals surface area contributed by atoms with Crippen LogP contribution in [0.25, 0.3) is 0 Å². The van der Waals surface area contributed by atoms with E-state index in [1.165, 1.54) is 43.5 Å². The summed E-state index contributed by atoms with van der Waals surface area (Å²) >= 11 is 0.